The van der Waals surface area contributed by atoms with Gasteiger partial charge >= 0.3 is 0 Å². The molecule has 0 saturated heterocycles. The molecule has 0 N–H and O–H groups in total. The molecule has 1 aromatic carbocycles. The summed E-state index contributed by atoms with van der Waals surface area (Å²) in [5.74, 6) is 0.474. The van der Waals surface area contributed by atoms with Gasteiger partial charge in [0.15, 0.2) is 11.5 Å². The van der Waals surface area contributed by atoms with Crippen LogP contribution in [0, 0.1) is 5.92 Å². The van der Waals surface area contributed by atoms with Crippen LogP contribution < -0.4 is 14.6 Å². The van der Waals surface area contributed by atoms with Crippen molar-refractivity contribution in [3.8, 4) is 11.5 Å². The highest BCUT2D eigenvalue weighted by molar-refractivity contribution is 5.78. The van der Waals surface area contributed by atoms with Crippen molar-refractivity contribution in [2.45, 2.75) is 51.0 Å². The number of aliphatic carboxylic acids is 1. The Labute approximate surface area is 154 Å². The van der Waals surface area contributed by atoms with Crippen LogP contribution in [0.4, 0.5) is 0 Å². The fourth-order valence-corrected chi connectivity index (χ4v) is 4.28. The standard InChI is InChI=1S/C20H27NO5/c1-25-17-10-14-7-8-21(19(22)9-13-5-3-4-6-13)16(12-20(23)24)15(14)11-18(17)26-2/h10-11,13,16H,3-9,12H2,1-2H3,(H,23,24)/p-1/t16-/m1/s1. The average molecular weight is 360 g/mol. The second-order valence-corrected chi connectivity index (χ2v) is 7.19. The smallest absolute Gasteiger partial charge is 0.223 e. The van der Waals surface area contributed by atoms with Gasteiger partial charge in [-0.05, 0) is 48.4 Å². The summed E-state index contributed by atoms with van der Waals surface area (Å²) in [6.07, 6.45) is 5.51. The Morgan fingerprint density at radius 2 is 1.77 bits per heavy atom. The molecule has 0 radical (unpaired) electrons. The average Bonchev–Trinajstić information content (AvgIpc) is 3.13. The summed E-state index contributed by atoms with van der Waals surface area (Å²) in [5.41, 5.74) is 1.82. The lowest BCUT2D eigenvalue weighted by Gasteiger charge is -2.38. The van der Waals surface area contributed by atoms with E-state index in [0.717, 1.165) is 24.0 Å². The largest absolute Gasteiger partial charge is 0.550 e. The van der Waals surface area contributed by atoms with E-state index < -0.39 is 12.0 Å². The van der Waals surface area contributed by atoms with Crippen LogP contribution in [0.15, 0.2) is 12.1 Å². The van der Waals surface area contributed by atoms with E-state index in [2.05, 4.69) is 0 Å². The highest BCUT2D eigenvalue weighted by Crippen LogP contribution is 2.40. The number of hydrogen-bond acceptors (Lipinski definition) is 5. The molecule has 6 heteroatoms. The van der Waals surface area contributed by atoms with E-state index in [-0.39, 0.29) is 12.3 Å². The van der Waals surface area contributed by atoms with Gasteiger partial charge in [-0.15, -0.1) is 0 Å². The van der Waals surface area contributed by atoms with Crippen LogP contribution in [-0.4, -0.2) is 37.5 Å². The number of carbonyl (C=O) groups excluding carboxylic acids is 2. The minimum absolute atomic E-state index is 0.0450. The molecule has 0 unspecified atom stereocenters. The maximum Gasteiger partial charge on any atom is 0.223 e. The Hall–Kier alpha value is -2.24. The molecular weight excluding hydrogens is 334 g/mol. The van der Waals surface area contributed by atoms with Gasteiger partial charge in [-0.25, -0.2) is 0 Å². The molecule has 1 aliphatic carbocycles. The highest BCUT2D eigenvalue weighted by Gasteiger charge is 2.33. The third-order valence-electron chi connectivity index (χ3n) is 5.62. The SMILES string of the molecule is COc1cc2c(cc1OC)[C@@H](CC(=O)[O-])N(C(=O)CC1CCCC1)CC2. The summed E-state index contributed by atoms with van der Waals surface area (Å²) in [4.78, 5) is 26.0. The molecule has 1 amide bonds. The molecule has 1 aromatic rings. The molecule has 1 heterocycles. The maximum absolute atomic E-state index is 12.9. The first kappa shape index (κ1) is 18.5. The van der Waals surface area contributed by atoms with Gasteiger partial charge in [-0.1, -0.05) is 12.8 Å². The van der Waals surface area contributed by atoms with Crippen molar-refractivity contribution < 1.29 is 24.2 Å². The summed E-state index contributed by atoms with van der Waals surface area (Å²) >= 11 is 0. The number of nitrogens with zero attached hydrogens (tertiary/aromatic N) is 1. The van der Waals surface area contributed by atoms with E-state index >= 15 is 0 Å². The van der Waals surface area contributed by atoms with Gasteiger partial charge in [0.2, 0.25) is 5.91 Å². The van der Waals surface area contributed by atoms with Crippen molar-refractivity contribution in [1.82, 2.24) is 4.90 Å². The predicted octanol–water partition coefficient (Wildman–Crippen LogP) is 1.85. The zero-order valence-electron chi connectivity index (χ0n) is 15.5. The first-order chi connectivity index (χ1) is 12.5. The normalized spacial score (nSPS) is 19.9. The highest BCUT2D eigenvalue weighted by atomic mass is 16.5. The summed E-state index contributed by atoms with van der Waals surface area (Å²) in [6, 6.07) is 3.17. The minimum Gasteiger partial charge on any atom is -0.550 e. The number of carbonyl (C=O) groups is 2. The van der Waals surface area contributed by atoms with Crippen molar-refractivity contribution >= 4 is 11.9 Å². The van der Waals surface area contributed by atoms with Gasteiger partial charge in [0, 0.05) is 25.4 Å². The van der Waals surface area contributed by atoms with Crippen LogP contribution in [0.1, 0.15) is 55.7 Å². The number of carboxylic acids is 1. The monoisotopic (exact) mass is 360 g/mol. The topological polar surface area (TPSA) is 78.9 Å². The molecule has 1 saturated carbocycles. The summed E-state index contributed by atoms with van der Waals surface area (Å²) < 4.78 is 10.7. The summed E-state index contributed by atoms with van der Waals surface area (Å²) in [6.45, 7) is 0.520. The number of hydrogen-bond donors (Lipinski definition) is 0. The lowest BCUT2D eigenvalue weighted by molar-refractivity contribution is -0.306. The van der Waals surface area contributed by atoms with E-state index in [0.29, 0.717) is 36.8 Å². The lowest BCUT2D eigenvalue weighted by Crippen LogP contribution is -2.43. The van der Waals surface area contributed by atoms with E-state index in [1.807, 2.05) is 6.07 Å². The van der Waals surface area contributed by atoms with Gasteiger partial charge in [0.05, 0.1) is 20.3 Å². The van der Waals surface area contributed by atoms with Crippen molar-refractivity contribution in [1.29, 1.82) is 0 Å². The predicted molar refractivity (Wildman–Crippen MR) is 93.9 cm³/mol. The molecule has 26 heavy (non-hydrogen) atoms. The molecule has 0 bridgehead atoms. The number of amides is 1. The molecule has 0 spiro atoms. The molecule has 3 rings (SSSR count). The van der Waals surface area contributed by atoms with E-state index in [4.69, 9.17) is 9.47 Å². The van der Waals surface area contributed by atoms with Gasteiger partial charge < -0.3 is 24.3 Å². The zero-order chi connectivity index (χ0) is 18.7. The molecule has 1 aliphatic heterocycles. The van der Waals surface area contributed by atoms with Crippen molar-refractivity contribution in [3.05, 3.63) is 23.3 Å². The van der Waals surface area contributed by atoms with E-state index in [9.17, 15) is 14.7 Å². The molecule has 0 aromatic heterocycles. The van der Waals surface area contributed by atoms with Crippen LogP contribution in [0.3, 0.4) is 0 Å². The van der Waals surface area contributed by atoms with Gasteiger partial charge in [0.1, 0.15) is 0 Å². The van der Waals surface area contributed by atoms with Crippen LogP contribution in [0.25, 0.3) is 0 Å². The first-order valence-electron chi connectivity index (χ1n) is 9.27. The van der Waals surface area contributed by atoms with E-state index in [1.54, 1.807) is 25.2 Å². The van der Waals surface area contributed by atoms with Crippen LogP contribution in [0.5, 0.6) is 11.5 Å². The van der Waals surface area contributed by atoms with Crippen molar-refractivity contribution in [2.75, 3.05) is 20.8 Å². The number of carboxylic acid groups (broad SMARTS) is 1. The lowest BCUT2D eigenvalue weighted by atomic mass is 9.89. The van der Waals surface area contributed by atoms with E-state index in [1.165, 1.54) is 12.8 Å². The Bertz CT molecular complexity index is 681. The fourth-order valence-electron chi connectivity index (χ4n) is 4.28. The van der Waals surface area contributed by atoms with Gasteiger partial charge in [-0.2, -0.15) is 0 Å². The fraction of sp³-hybridized carbons (Fsp3) is 0.600. The molecule has 1 fully saturated rings. The Kier molecular flexibility index (Phi) is 5.69. The Balaban J connectivity index is 1.90. The van der Waals surface area contributed by atoms with Crippen molar-refractivity contribution in [2.24, 2.45) is 5.92 Å². The van der Waals surface area contributed by atoms with Crippen LogP contribution >= 0.6 is 0 Å². The number of methoxy groups -OCH3 is 2. The maximum atomic E-state index is 12.9. The third kappa shape index (κ3) is 3.79. The number of fused-ring (bicyclic) bond motifs is 1. The number of ether oxygens (including phenoxy) is 2. The third-order valence-corrected chi connectivity index (χ3v) is 5.62. The van der Waals surface area contributed by atoms with Crippen LogP contribution in [0.2, 0.25) is 0 Å². The molecule has 6 nitrogen and oxygen atoms in total. The second-order valence-electron chi connectivity index (χ2n) is 7.19. The molecule has 142 valence electrons. The number of benzene rings is 1. The second kappa shape index (κ2) is 7.98. The molecular formula is C20H26NO5-. The summed E-state index contributed by atoms with van der Waals surface area (Å²) in [7, 11) is 3.12. The number of rotatable bonds is 6. The zero-order valence-corrected chi connectivity index (χ0v) is 15.5. The molecule has 1 atom stereocenters. The van der Waals surface area contributed by atoms with Gasteiger partial charge in [0.25, 0.3) is 0 Å². The minimum atomic E-state index is -1.16. The van der Waals surface area contributed by atoms with Crippen molar-refractivity contribution in [3.63, 3.8) is 0 Å². The van der Waals surface area contributed by atoms with Gasteiger partial charge in [-0.3, -0.25) is 4.79 Å². The first-order valence-corrected chi connectivity index (χ1v) is 9.27. The Morgan fingerprint density at radius 3 is 2.38 bits per heavy atom. The van der Waals surface area contributed by atoms with Crippen LogP contribution in [-0.2, 0) is 16.0 Å². The Morgan fingerprint density at radius 1 is 1.12 bits per heavy atom. The molecule has 2 aliphatic rings. The quantitative estimate of drug-likeness (QED) is 0.774. The summed E-state index contributed by atoms with van der Waals surface area (Å²) in [5, 5.41) is 11.4.